The van der Waals surface area contributed by atoms with E-state index in [0.29, 0.717) is 12.0 Å². The van der Waals surface area contributed by atoms with Crippen molar-refractivity contribution in [3.8, 4) is 0 Å². The molecule has 104 valence electrons. The van der Waals surface area contributed by atoms with Crippen LogP contribution in [0.4, 0.5) is 4.79 Å². The first-order valence-corrected chi connectivity index (χ1v) is 5.94. The van der Waals surface area contributed by atoms with Crippen molar-refractivity contribution in [3.05, 3.63) is 23.8 Å². The van der Waals surface area contributed by atoms with E-state index in [1.54, 1.807) is 33.9 Å². The quantitative estimate of drug-likeness (QED) is 0.780. The Morgan fingerprint density at radius 1 is 1.37 bits per heavy atom. The van der Waals surface area contributed by atoms with Gasteiger partial charge in [-0.1, -0.05) is 0 Å². The van der Waals surface area contributed by atoms with E-state index in [0.717, 1.165) is 5.69 Å². The first-order chi connectivity index (χ1) is 8.74. The number of hydrogen-bond acceptors (Lipinski definition) is 5. The van der Waals surface area contributed by atoms with Crippen LogP contribution in [-0.2, 0) is 9.53 Å². The van der Waals surface area contributed by atoms with Crippen molar-refractivity contribution in [2.24, 2.45) is 0 Å². The second-order valence-corrected chi connectivity index (χ2v) is 5.25. The van der Waals surface area contributed by atoms with Gasteiger partial charge in [-0.05, 0) is 27.7 Å². The van der Waals surface area contributed by atoms with Crippen molar-refractivity contribution in [1.29, 1.82) is 0 Å². The molecule has 0 aliphatic heterocycles. The number of aryl methyl sites for hydroxylation is 1. The summed E-state index contributed by atoms with van der Waals surface area (Å²) in [4.78, 5) is 32.5. The number of ether oxygens (including phenoxy) is 1. The molecule has 1 aromatic rings. The third-order valence-electron chi connectivity index (χ3n) is 2.33. The Bertz CT molecular complexity index is 451. The highest BCUT2D eigenvalue weighted by Crippen LogP contribution is 2.17. The van der Waals surface area contributed by atoms with Crippen LogP contribution in [0.2, 0.25) is 0 Å². The molecule has 1 aromatic heterocycles. The minimum absolute atomic E-state index is 0.411. The van der Waals surface area contributed by atoms with E-state index in [1.165, 1.54) is 18.1 Å². The zero-order valence-corrected chi connectivity index (χ0v) is 11.9. The molecule has 1 heterocycles. The van der Waals surface area contributed by atoms with Crippen LogP contribution in [-0.4, -0.2) is 39.9 Å². The molecular weight excluding hydrogens is 246 g/mol. The number of rotatable bonds is 3. The Morgan fingerprint density at radius 3 is 2.42 bits per heavy atom. The van der Waals surface area contributed by atoms with Gasteiger partial charge in [0, 0.05) is 13.2 Å². The topological polar surface area (TPSA) is 72.4 Å². The third kappa shape index (κ3) is 4.31. The lowest BCUT2D eigenvalue weighted by atomic mass is 10.2. The molecule has 0 aliphatic carbocycles. The third-order valence-corrected chi connectivity index (χ3v) is 2.33. The molecule has 6 nitrogen and oxygen atoms in total. The molecule has 1 atom stereocenters. The molecule has 0 saturated carbocycles. The van der Waals surface area contributed by atoms with Gasteiger partial charge >= 0.3 is 6.09 Å². The fourth-order valence-corrected chi connectivity index (χ4v) is 1.36. The number of amides is 1. The molecular formula is C13H19N3O3. The minimum Gasteiger partial charge on any atom is -0.444 e. The molecule has 0 bridgehead atoms. The van der Waals surface area contributed by atoms with E-state index in [2.05, 4.69) is 9.97 Å². The molecule has 0 N–H and O–H groups in total. The lowest BCUT2D eigenvalue weighted by Gasteiger charge is -2.27. The summed E-state index contributed by atoms with van der Waals surface area (Å²) in [5, 5.41) is 0. The molecule has 0 radical (unpaired) electrons. The van der Waals surface area contributed by atoms with E-state index in [-0.39, 0.29) is 0 Å². The lowest BCUT2D eigenvalue weighted by Crippen LogP contribution is -2.37. The van der Waals surface area contributed by atoms with Crippen LogP contribution < -0.4 is 0 Å². The molecule has 1 unspecified atom stereocenters. The van der Waals surface area contributed by atoms with Crippen molar-refractivity contribution in [2.45, 2.75) is 39.3 Å². The van der Waals surface area contributed by atoms with Gasteiger partial charge in [0.25, 0.3) is 0 Å². The van der Waals surface area contributed by atoms with Gasteiger partial charge in [-0.15, -0.1) is 0 Å². The highest BCUT2D eigenvalue weighted by molar-refractivity contribution is 5.74. The number of hydrogen-bond donors (Lipinski definition) is 0. The summed E-state index contributed by atoms with van der Waals surface area (Å²) in [6.45, 7) is 7.09. The number of aromatic nitrogens is 2. The molecule has 0 aromatic carbocycles. The fourth-order valence-electron chi connectivity index (χ4n) is 1.36. The van der Waals surface area contributed by atoms with Crippen LogP contribution in [0.3, 0.4) is 0 Å². The monoisotopic (exact) mass is 265 g/mol. The van der Waals surface area contributed by atoms with Gasteiger partial charge in [0.05, 0.1) is 17.6 Å². The SMILES string of the molecule is Cc1cnc(C(C=O)N(C)C(=O)OC(C)(C)C)cn1. The number of aldehydes is 1. The number of likely N-dealkylation sites (N-methyl/N-ethyl adjacent to an activating group) is 1. The Kier molecular flexibility index (Phi) is 4.58. The maximum absolute atomic E-state index is 11.9. The standard InChI is InChI=1S/C13H19N3O3/c1-9-6-15-10(7-14-9)11(8-17)16(5)12(18)19-13(2,3)4/h6-8,11H,1-5H3. The molecule has 19 heavy (non-hydrogen) atoms. The highest BCUT2D eigenvalue weighted by atomic mass is 16.6. The van der Waals surface area contributed by atoms with Crippen molar-refractivity contribution >= 4 is 12.4 Å². The van der Waals surface area contributed by atoms with Gasteiger partial charge in [0.1, 0.15) is 17.9 Å². The summed E-state index contributed by atoms with van der Waals surface area (Å²) in [6, 6.07) is -0.803. The van der Waals surface area contributed by atoms with Gasteiger partial charge in [-0.2, -0.15) is 0 Å². The summed E-state index contributed by atoms with van der Waals surface area (Å²) in [5.74, 6) is 0. The first kappa shape index (κ1) is 15.1. The maximum Gasteiger partial charge on any atom is 0.410 e. The second kappa shape index (κ2) is 5.77. The largest absolute Gasteiger partial charge is 0.444 e. The molecule has 6 heteroatoms. The molecule has 0 saturated heterocycles. The van der Waals surface area contributed by atoms with Crippen molar-refractivity contribution in [3.63, 3.8) is 0 Å². The second-order valence-electron chi connectivity index (χ2n) is 5.25. The summed E-state index contributed by atoms with van der Waals surface area (Å²) in [7, 11) is 1.49. The number of carbonyl (C=O) groups is 2. The number of carbonyl (C=O) groups excluding carboxylic acids is 2. The average molecular weight is 265 g/mol. The molecule has 0 fully saturated rings. The summed E-state index contributed by atoms with van der Waals surface area (Å²) >= 11 is 0. The van der Waals surface area contributed by atoms with Crippen molar-refractivity contribution in [1.82, 2.24) is 14.9 Å². The number of nitrogens with zero attached hydrogens (tertiary/aromatic N) is 3. The fraction of sp³-hybridized carbons (Fsp3) is 0.538. The molecule has 0 spiro atoms. The van der Waals surface area contributed by atoms with Crippen LogP contribution in [0.1, 0.15) is 38.2 Å². The van der Waals surface area contributed by atoms with Crippen molar-refractivity contribution in [2.75, 3.05) is 7.05 Å². The van der Waals surface area contributed by atoms with Crippen LogP contribution >= 0.6 is 0 Å². The summed E-state index contributed by atoms with van der Waals surface area (Å²) < 4.78 is 5.21. The van der Waals surface area contributed by atoms with E-state index in [1.807, 2.05) is 0 Å². The van der Waals surface area contributed by atoms with Gasteiger partial charge in [-0.3, -0.25) is 14.9 Å². The smallest absolute Gasteiger partial charge is 0.410 e. The van der Waals surface area contributed by atoms with Crippen LogP contribution in [0, 0.1) is 6.92 Å². The Labute approximate surface area is 112 Å². The van der Waals surface area contributed by atoms with Gasteiger partial charge in [-0.25, -0.2) is 4.79 Å². The molecule has 0 aliphatic rings. The van der Waals surface area contributed by atoms with E-state index < -0.39 is 17.7 Å². The first-order valence-electron chi connectivity index (χ1n) is 5.94. The van der Waals surface area contributed by atoms with Crippen molar-refractivity contribution < 1.29 is 14.3 Å². The normalized spacial score (nSPS) is 12.7. The lowest BCUT2D eigenvalue weighted by molar-refractivity contribution is -0.112. The molecule has 1 amide bonds. The van der Waals surface area contributed by atoms with Crippen LogP contribution in [0.5, 0.6) is 0 Å². The summed E-state index contributed by atoms with van der Waals surface area (Å²) in [5.41, 5.74) is 0.542. The van der Waals surface area contributed by atoms with E-state index >= 15 is 0 Å². The minimum atomic E-state index is -0.803. The van der Waals surface area contributed by atoms with Gasteiger partial charge in [0.15, 0.2) is 0 Å². The highest BCUT2D eigenvalue weighted by Gasteiger charge is 2.27. The van der Waals surface area contributed by atoms with Gasteiger partial charge < -0.3 is 9.53 Å². The van der Waals surface area contributed by atoms with Crippen LogP contribution in [0.15, 0.2) is 12.4 Å². The Hall–Kier alpha value is -1.98. The van der Waals surface area contributed by atoms with Gasteiger partial charge in [0.2, 0.25) is 0 Å². The Balaban J connectivity index is 2.88. The maximum atomic E-state index is 11.9. The molecule has 1 rings (SSSR count). The van der Waals surface area contributed by atoms with E-state index in [9.17, 15) is 9.59 Å². The zero-order valence-electron chi connectivity index (χ0n) is 11.9. The average Bonchev–Trinajstić information content (AvgIpc) is 2.30. The zero-order chi connectivity index (χ0) is 14.6. The predicted molar refractivity (Wildman–Crippen MR) is 69.6 cm³/mol. The van der Waals surface area contributed by atoms with E-state index in [4.69, 9.17) is 4.74 Å². The van der Waals surface area contributed by atoms with Crippen LogP contribution in [0.25, 0.3) is 0 Å². The summed E-state index contributed by atoms with van der Waals surface area (Å²) in [6.07, 6.45) is 3.10. The predicted octanol–water partition coefficient (Wildman–Crippen LogP) is 1.89. The Morgan fingerprint density at radius 2 is 2.00 bits per heavy atom.